The zero-order valence-corrected chi connectivity index (χ0v) is 7.31. The van der Waals surface area contributed by atoms with Gasteiger partial charge in [0.15, 0.2) is 12.2 Å². The number of nitrogens with two attached hydrogens (primary N) is 1. The number of aldehydes is 1. The Bertz CT molecular complexity index is 448. The van der Waals surface area contributed by atoms with Crippen LogP contribution in [0, 0.1) is 0 Å². The molecular formula is C10H8N2O2. The lowest BCUT2D eigenvalue weighted by molar-refractivity contribution is 0.112. The minimum atomic E-state index is 0.214. The average molecular weight is 188 g/mol. The van der Waals surface area contributed by atoms with E-state index in [1.807, 2.05) is 6.07 Å². The smallest absolute Gasteiger partial charge is 0.200 e. The maximum Gasteiger partial charge on any atom is 0.200 e. The van der Waals surface area contributed by atoms with Crippen molar-refractivity contribution in [2.45, 2.75) is 0 Å². The molecule has 0 spiro atoms. The third-order valence-electron chi connectivity index (χ3n) is 1.90. The van der Waals surface area contributed by atoms with Crippen molar-refractivity contribution in [2.75, 3.05) is 5.73 Å². The first kappa shape index (κ1) is 8.50. The van der Waals surface area contributed by atoms with Crippen LogP contribution in [0.3, 0.4) is 0 Å². The SMILES string of the molecule is Nc1occ(C=O)c1-c1ccccn1. The van der Waals surface area contributed by atoms with Crippen LogP contribution in [0.4, 0.5) is 5.88 Å². The number of anilines is 1. The van der Waals surface area contributed by atoms with Gasteiger partial charge in [-0.05, 0) is 12.1 Å². The van der Waals surface area contributed by atoms with Crippen molar-refractivity contribution in [3.8, 4) is 11.3 Å². The standard InChI is InChI=1S/C10H8N2O2/c11-10-9(7(5-13)6-14-10)8-3-1-2-4-12-8/h1-6H,11H2. The predicted molar refractivity (Wildman–Crippen MR) is 51.7 cm³/mol. The van der Waals surface area contributed by atoms with Gasteiger partial charge in [0, 0.05) is 6.20 Å². The molecule has 2 aromatic heterocycles. The Hall–Kier alpha value is -2.10. The number of carbonyl (C=O) groups is 1. The molecule has 2 heterocycles. The van der Waals surface area contributed by atoms with Gasteiger partial charge in [-0.15, -0.1) is 0 Å². The fraction of sp³-hybridized carbons (Fsp3) is 0. The molecule has 0 saturated heterocycles. The summed E-state index contributed by atoms with van der Waals surface area (Å²) in [5.74, 6) is 0.214. The predicted octanol–water partition coefficient (Wildman–Crippen LogP) is 1.74. The van der Waals surface area contributed by atoms with Crippen LogP contribution in [0.1, 0.15) is 10.4 Å². The van der Waals surface area contributed by atoms with E-state index in [1.54, 1.807) is 18.3 Å². The summed E-state index contributed by atoms with van der Waals surface area (Å²) in [6, 6.07) is 5.39. The van der Waals surface area contributed by atoms with E-state index in [4.69, 9.17) is 10.2 Å². The number of hydrogen-bond donors (Lipinski definition) is 1. The molecule has 0 aliphatic rings. The molecule has 0 unspecified atom stereocenters. The molecule has 0 aliphatic heterocycles. The van der Waals surface area contributed by atoms with E-state index in [0.717, 1.165) is 0 Å². The van der Waals surface area contributed by atoms with Crippen LogP contribution in [-0.2, 0) is 0 Å². The highest BCUT2D eigenvalue weighted by molar-refractivity contribution is 5.90. The zero-order valence-electron chi connectivity index (χ0n) is 7.31. The van der Waals surface area contributed by atoms with Gasteiger partial charge < -0.3 is 10.2 Å². The van der Waals surface area contributed by atoms with E-state index >= 15 is 0 Å². The highest BCUT2D eigenvalue weighted by Gasteiger charge is 2.13. The lowest BCUT2D eigenvalue weighted by Crippen LogP contribution is -1.90. The summed E-state index contributed by atoms with van der Waals surface area (Å²) in [7, 11) is 0. The van der Waals surface area contributed by atoms with Crippen LogP contribution in [0.25, 0.3) is 11.3 Å². The third kappa shape index (κ3) is 1.26. The number of aromatic nitrogens is 1. The fourth-order valence-corrected chi connectivity index (χ4v) is 1.26. The summed E-state index contributed by atoms with van der Waals surface area (Å²) in [5.41, 5.74) is 7.20. The minimum absolute atomic E-state index is 0.214. The minimum Gasteiger partial charge on any atom is -0.448 e. The maximum atomic E-state index is 10.7. The van der Waals surface area contributed by atoms with Crippen LogP contribution < -0.4 is 5.73 Å². The van der Waals surface area contributed by atoms with Gasteiger partial charge in [0.1, 0.15) is 6.26 Å². The molecule has 0 amide bonds. The molecule has 4 nitrogen and oxygen atoms in total. The largest absolute Gasteiger partial charge is 0.448 e. The number of rotatable bonds is 2. The van der Waals surface area contributed by atoms with Crippen molar-refractivity contribution in [1.82, 2.24) is 4.98 Å². The summed E-state index contributed by atoms with van der Waals surface area (Å²) in [6.07, 6.45) is 3.66. The molecule has 0 aliphatic carbocycles. The topological polar surface area (TPSA) is 69.1 Å². The molecule has 0 bridgehead atoms. The van der Waals surface area contributed by atoms with Crippen molar-refractivity contribution in [3.63, 3.8) is 0 Å². The summed E-state index contributed by atoms with van der Waals surface area (Å²) in [6.45, 7) is 0. The van der Waals surface area contributed by atoms with E-state index in [2.05, 4.69) is 4.98 Å². The van der Waals surface area contributed by atoms with Gasteiger partial charge in [0.05, 0.1) is 16.8 Å². The zero-order chi connectivity index (χ0) is 9.97. The molecule has 70 valence electrons. The monoisotopic (exact) mass is 188 g/mol. The van der Waals surface area contributed by atoms with Gasteiger partial charge >= 0.3 is 0 Å². The molecule has 2 N–H and O–H groups in total. The summed E-state index contributed by atoms with van der Waals surface area (Å²) < 4.78 is 4.95. The number of nitrogens with zero attached hydrogens (tertiary/aromatic N) is 1. The van der Waals surface area contributed by atoms with Crippen LogP contribution in [0.5, 0.6) is 0 Å². The van der Waals surface area contributed by atoms with Gasteiger partial charge in [-0.25, -0.2) is 0 Å². The molecule has 0 atom stereocenters. The highest BCUT2D eigenvalue weighted by Crippen LogP contribution is 2.28. The number of hydrogen-bond acceptors (Lipinski definition) is 4. The second-order valence-corrected chi connectivity index (χ2v) is 2.76. The fourth-order valence-electron chi connectivity index (χ4n) is 1.26. The quantitative estimate of drug-likeness (QED) is 0.728. The summed E-state index contributed by atoms with van der Waals surface area (Å²) >= 11 is 0. The lowest BCUT2D eigenvalue weighted by atomic mass is 10.1. The maximum absolute atomic E-state index is 10.7. The molecule has 14 heavy (non-hydrogen) atoms. The number of furan rings is 1. The molecule has 2 aromatic rings. The highest BCUT2D eigenvalue weighted by atomic mass is 16.3. The van der Waals surface area contributed by atoms with Crippen LogP contribution in [0.2, 0.25) is 0 Å². The van der Waals surface area contributed by atoms with Crippen LogP contribution >= 0.6 is 0 Å². The van der Waals surface area contributed by atoms with Crippen molar-refractivity contribution < 1.29 is 9.21 Å². The molecule has 2 rings (SSSR count). The third-order valence-corrected chi connectivity index (χ3v) is 1.90. The summed E-state index contributed by atoms with van der Waals surface area (Å²) in [5, 5.41) is 0. The second-order valence-electron chi connectivity index (χ2n) is 2.76. The van der Waals surface area contributed by atoms with E-state index < -0.39 is 0 Å². The molecule has 0 radical (unpaired) electrons. The first-order valence-corrected chi connectivity index (χ1v) is 4.06. The number of pyridine rings is 1. The molecular weight excluding hydrogens is 180 g/mol. The number of carbonyl (C=O) groups excluding carboxylic acids is 1. The Balaban J connectivity index is 2.61. The van der Waals surface area contributed by atoms with E-state index in [0.29, 0.717) is 23.1 Å². The Morgan fingerprint density at radius 3 is 2.93 bits per heavy atom. The second kappa shape index (κ2) is 3.33. The van der Waals surface area contributed by atoms with Gasteiger partial charge in [-0.1, -0.05) is 6.07 Å². The van der Waals surface area contributed by atoms with Gasteiger partial charge in [0.25, 0.3) is 0 Å². The van der Waals surface area contributed by atoms with Gasteiger partial charge in [-0.3, -0.25) is 9.78 Å². The van der Waals surface area contributed by atoms with Gasteiger partial charge in [0.2, 0.25) is 0 Å². The van der Waals surface area contributed by atoms with Crippen molar-refractivity contribution in [3.05, 3.63) is 36.2 Å². The first-order chi connectivity index (χ1) is 6.83. The Morgan fingerprint density at radius 2 is 2.29 bits per heavy atom. The van der Waals surface area contributed by atoms with Crippen LogP contribution in [0.15, 0.2) is 35.1 Å². The average Bonchev–Trinajstić information content (AvgIpc) is 2.61. The Labute approximate surface area is 80.4 Å². The van der Waals surface area contributed by atoms with E-state index in [-0.39, 0.29) is 5.88 Å². The van der Waals surface area contributed by atoms with E-state index in [9.17, 15) is 4.79 Å². The van der Waals surface area contributed by atoms with Crippen LogP contribution in [-0.4, -0.2) is 11.3 Å². The molecule has 0 aromatic carbocycles. The van der Waals surface area contributed by atoms with Crippen molar-refractivity contribution in [2.24, 2.45) is 0 Å². The van der Waals surface area contributed by atoms with Crippen molar-refractivity contribution in [1.29, 1.82) is 0 Å². The number of nitrogen functional groups attached to an aromatic ring is 1. The Kier molecular flexibility index (Phi) is 2.02. The molecule has 0 saturated carbocycles. The molecule has 4 heteroatoms. The molecule has 0 fully saturated rings. The first-order valence-electron chi connectivity index (χ1n) is 4.06. The summed E-state index contributed by atoms with van der Waals surface area (Å²) in [4.78, 5) is 14.8. The lowest BCUT2D eigenvalue weighted by Gasteiger charge is -1.97. The Morgan fingerprint density at radius 1 is 1.43 bits per heavy atom. The van der Waals surface area contributed by atoms with Crippen molar-refractivity contribution >= 4 is 12.2 Å². The normalized spacial score (nSPS) is 10.0. The van der Waals surface area contributed by atoms with E-state index in [1.165, 1.54) is 6.26 Å². The van der Waals surface area contributed by atoms with Gasteiger partial charge in [-0.2, -0.15) is 0 Å².